The first kappa shape index (κ1) is 24.2. The number of aliphatic hydroxyl groups is 2. The van der Waals surface area contributed by atoms with E-state index in [1.165, 1.54) is 7.11 Å². The molecule has 1 aliphatic rings. The first-order valence-corrected chi connectivity index (χ1v) is 8.46. The van der Waals surface area contributed by atoms with Gasteiger partial charge in [-0.1, -0.05) is 30.3 Å². The van der Waals surface area contributed by atoms with Gasteiger partial charge in [-0.3, -0.25) is 5.04 Å². The summed E-state index contributed by atoms with van der Waals surface area (Å²) >= 11 is 0.498. The van der Waals surface area contributed by atoms with Crippen molar-refractivity contribution in [1.82, 2.24) is 4.72 Å². The third-order valence-electron chi connectivity index (χ3n) is 3.91. The second-order valence-corrected chi connectivity index (χ2v) is 5.87. The van der Waals surface area contributed by atoms with Gasteiger partial charge in [0.05, 0.1) is 6.04 Å². The molecule has 142 valence electrons. The zero-order valence-corrected chi connectivity index (χ0v) is 17.6. The predicted molar refractivity (Wildman–Crippen MR) is 85.2 cm³/mol. The third-order valence-corrected chi connectivity index (χ3v) is 4.40. The zero-order valence-electron chi connectivity index (χ0n) is 14.8. The van der Waals surface area contributed by atoms with Gasteiger partial charge >= 0.3 is 29.6 Å². The molecular formula is C15H22NNaO8S. The Morgan fingerprint density at radius 3 is 2.62 bits per heavy atom. The van der Waals surface area contributed by atoms with Crippen molar-refractivity contribution >= 4 is 12.2 Å². The maximum absolute atomic E-state index is 10.7. The summed E-state index contributed by atoms with van der Waals surface area (Å²) in [6.07, 6.45) is -4.82. The smallest absolute Gasteiger partial charge is 0.691 e. The Kier molecular flexibility index (Phi) is 11.8. The molecule has 11 heteroatoms. The van der Waals surface area contributed by atoms with Gasteiger partial charge in [-0.2, -0.15) is 4.33 Å². The standard InChI is InChI=1S/C15H23NO8S.Na/c1-3-21-13-10(16-25-24-23-19)12(18)14(22-15(13)20-2)11(17)9-7-5-4-6-8-9;/h4-8,10-19H,3H2,1-2H3;/q;+1/p-1. The van der Waals surface area contributed by atoms with E-state index in [0.29, 0.717) is 24.4 Å². The van der Waals surface area contributed by atoms with E-state index >= 15 is 0 Å². The van der Waals surface area contributed by atoms with Crippen LogP contribution in [0.4, 0.5) is 0 Å². The van der Waals surface area contributed by atoms with Crippen molar-refractivity contribution < 1.29 is 68.6 Å². The maximum atomic E-state index is 10.7. The number of aliphatic hydroxyl groups excluding tert-OH is 2. The predicted octanol–water partition coefficient (Wildman–Crippen LogP) is -3.39. The SMILES string of the molecule is CCOC1C(OC)OC(C(O)c2ccccc2)C(O)C1NSOO[O-].[Na+]. The Bertz CT molecular complexity index is 502. The minimum absolute atomic E-state index is 0. The monoisotopic (exact) mass is 399 g/mol. The van der Waals surface area contributed by atoms with Crippen LogP contribution < -0.4 is 39.5 Å². The molecule has 0 saturated carbocycles. The van der Waals surface area contributed by atoms with Crippen molar-refractivity contribution in [3.8, 4) is 0 Å². The Hall–Kier alpha value is 0.210. The molecule has 26 heavy (non-hydrogen) atoms. The van der Waals surface area contributed by atoms with Gasteiger partial charge in [0.1, 0.15) is 36.6 Å². The normalized spacial score (nSPS) is 29.8. The van der Waals surface area contributed by atoms with Crippen LogP contribution in [0.25, 0.3) is 0 Å². The van der Waals surface area contributed by atoms with E-state index in [1.54, 1.807) is 31.2 Å². The van der Waals surface area contributed by atoms with E-state index in [-0.39, 0.29) is 29.6 Å². The van der Waals surface area contributed by atoms with Gasteiger partial charge in [-0.05, 0) is 12.5 Å². The van der Waals surface area contributed by atoms with Crippen LogP contribution in [-0.2, 0) is 23.6 Å². The fraction of sp³-hybridized carbons (Fsp3) is 0.600. The zero-order chi connectivity index (χ0) is 18.2. The summed E-state index contributed by atoms with van der Waals surface area (Å²) < 4.78 is 23.6. The molecule has 3 N–H and O–H groups in total. The van der Waals surface area contributed by atoms with E-state index in [4.69, 9.17) is 14.2 Å². The molecule has 0 aliphatic carbocycles. The maximum Gasteiger partial charge on any atom is 1.00 e. The average Bonchev–Trinajstić information content (AvgIpc) is 2.64. The molecule has 9 nitrogen and oxygen atoms in total. The summed E-state index contributed by atoms with van der Waals surface area (Å²) in [5.74, 6) is 0. The van der Waals surface area contributed by atoms with Gasteiger partial charge in [0, 0.05) is 13.7 Å². The van der Waals surface area contributed by atoms with Crippen molar-refractivity contribution in [2.24, 2.45) is 0 Å². The molecule has 1 heterocycles. The molecule has 0 bridgehead atoms. The van der Waals surface area contributed by atoms with Gasteiger partial charge in [0.25, 0.3) is 0 Å². The van der Waals surface area contributed by atoms with E-state index in [0.717, 1.165) is 0 Å². The molecule has 1 aromatic rings. The summed E-state index contributed by atoms with van der Waals surface area (Å²) in [6, 6.07) is 8.05. The van der Waals surface area contributed by atoms with Crippen LogP contribution in [0.3, 0.4) is 0 Å². The van der Waals surface area contributed by atoms with E-state index < -0.39 is 36.7 Å². The van der Waals surface area contributed by atoms with Crippen LogP contribution in [0.5, 0.6) is 0 Å². The van der Waals surface area contributed by atoms with Crippen LogP contribution in [0.15, 0.2) is 30.3 Å². The Labute approximate surface area is 178 Å². The minimum atomic E-state index is -1.18. The quantitative estimate of drug-likeness (QED) is 0.0968. The van der Waals surface area contributed by atoms with Gasteiger partial charge in [-0.25, -0.2) is 4.72 Å². The van der Waals surface area contributed by atoms with Crippen LogP contribution in [0, 0.1) is 0 Å². The molecule has 0 amide bonds. The summed E-state index contributed by atoms with van der Waals surface area (Å²) in [6.45, 7) is 2.12. The number of methoxy groups -OCH3 is 1. The first-order chi connectivity index (χ1) is 12.1. The molecular weight excluding hydrogens is 377 g/mol. The molecule has 6 atom stereocenters. The Morgan fingerprint density at radius 2 is 2.04 bits per heavy atom. The molecule has 0 spiro atoms. The second-order valence-electron chi connectivity index (χ2n) is 5.33. The van der Waals surface area contributed by atoms with Gasteiger partial charge in [0.2, 0.25) is 0 Å². The van der Waals surface area contributed by atoms with E-state index in [2.05, 4.69) is 14.1 Å². The van der Waals surface area contributed by atoms with Crippen molar-refractivity contribution in [1.29, 1.82) is 0 Å². The second kappa shape index (κ2) is 12.6. The Balaban J connectivity index is 0.00000338. The van der Waals surface area contributed by atoms with Crippen molar-refractivity contribution in [3.05, 3.63) is 35.9 Å². The van der Waals surface area contributed by atoms with Crippen molar-refractivity contribution in [2.45, 2.75) is 43.7 Å². The Morgan fingerprint density at radius 1 is 1.35 bits per heavy atom. The molecule has 1 aliphatic heterocycles. The fourth-order valence-electron chi connectivity index (χ4n) is 2.77. The molecule has 1 aromatic carbocycles. The van der Waals surface area contributed by atoms with E-state index in [9.17, 15) is 15.5 Å². The van der Waals surface area contributed by atoms with Crippen LogP contribution in [0.1, 0.15) is 18.6 Å². The molecule has 1 saturated heterocycles. The molecule has 6 unspecified atom stereocenters. The number of benzene rings is 1. The third kappa shape index (κ3) is 6.11. The van der Waals surface area contributed by atoms with Crippen molar-refractivity contribution in [2.75, 3.05) is 13.7 Å². The number of ether oxygens (including phenoxy) is 3. The van der Waals surface area contributed by atoms with Crippen LogP contribution in [0.2, 0.25) is 0 Å². The summed E-state index contributed by atoms with van der Waals surface area (Å²) in [7, 11) is 1.43. The van der Waals surface area contributed by atoms with Gasteiger partial charge in [-0.15, -0.1) is 0 Å². The van der Waals surface area contributed by atoms with Crippen LogP contribution >= 0.6 is 12.2 Å². The fourth-order valence-corrected chi connectivity index (χ4v) is 3.22. The van der Waals surface area contributed by atoms with E-state index in [1.807, 2.05) is 6.07 Å². The summed E-state index contributed by atoms with van der Waals surface area (Å²) in [5.41, 5.74) is 0.585. The summed E-state index contributed by atoms with van der Waals surface area (Å²) in [5, 5.41) is 34.6. The van der Waals surface area contributed by atoms with Crippen molar-refractivity contribution in [3.63, 3.8) is 0 Å². The first-order valence-electron chi connectivity index (χ1n) is 7.72. The summed E-state index contributed by atoms with van der Waals surface area (Å²) in [4.78, 5) is 0. The average molecular weight is 399 g/mol. The van der Waals surface area contributed by atoms with Gasteiger partial charge < -0.3 is 29.7 Å². The minimum Gasteiger partial charge on any atom is -0.691 e. The number of nitrogens with one attached hydrogen (secondary N) is 1. The molecule has 0 radical (unpaired) electrons. The topological polar surface area (TPSA) is 122 Å². The largest absolute Gasteiger partial charge is 1.00 e. The molecule has 1 fully saturated rings. The van der Waals surface area contributed by atoms with Gasteiger partial charge in [0.15, 0.2) is 6.29 Å². The number of rotatable bonds is 9. The van der Waals surface area contributed by atoms with Crippen LogP contribution in [-0.4, -0.2) is 54.6 Å². The molecule has 2 rings (SSSR count). The number of hydrogen-bond acceptors (Lipinski definition) is 10. The molecule has 0 aromatic heterocycles. The number of hydrogen-bond donors (Lipinski definition) is 3.